The normalized spacial score (nSPS) is 39.8. The number of ether oxygens (including phenoxy) is 1. The summed E-state index contributed by atoms with van der Waals surface area (Å²) in [6.07, 6.45) is -3.91. The van der Waals surface area contributed by atoms with Crippen molar-refractivity contribution in [2.24, 2.45) is 0 Å². The van der Waals surface area contributed by atoms with Crippen molar-refractivity contribution >= 4 is 44.3 Å². The highest BCUT2D eigenvalue weighted by molar-refractivity contribution is 7.85. The van der Waals surface area contributed by atoms with Gasteiger partial charge >= 0.3 is 15.4 Å². The number of aliphatic hydroxyl groups is 1. The molecule has 0 bridgehead atoms. The van der Waals surface area contributed by atoms with Gasteiger partial charge in [0.1, 0.15) is 24.5 Å². The molecule has 2 fully saturated rings. The Kier molecular flexibility index (Phi) is 4.21. The van der Waals surface area contributed by atoms with E-state index in [1.807, 2.05) is 0 Å². The molecule has 3 aliphatic heterocycles. The van der Waals surface area contributed by atoms with Crippen LogP contribution in [0.1, 0.15) is 0 Å². The summed E-state index contributed by atoms with van der Waals surface area (Å²) in [6.45, 7) is 0.00399. The second kappa shape index (κ2) is 6.03. The summed E-state index contributed by atoms with van der Waals surface area (Å²) in [7, 11) is 3.77. The fourth-order valence-corrected chi connectivity index (χ4v) is 4.37. The third kappa shape index (κ3) is 2.82. The van der Waals surface area contributed by atoms with Crippen LogP contribution in [-0.4, -0.2) is 72.0 Å². The summed E-state index contributed by atoms with van der Waals surface area (Å²) in [5.41, 5.74) is 6.36. The van der Waals surface area contributed by atoms with E-state index in [1.54, 1.807) is 11.9 Å². The molecule has 5 unspecified atom stereocenters. The topological polar surface area (TPSA) is 147 Å². The zero-order valence-corrected chi connectivity index (χ0v) is 14.7. The van der Waals surface area contributed by atoms with Crippen LogP contribution in [0.5, 0.6) is 0 Å². The molecule has 4 rings (SSSR count). The molecule has 6 atom stereocenters. The minimum atomic E-state index is -3.46. The summed E-state index contributed by atoms with van der Waals surface area (Å²) in [5.74, 6) is 0.544. The summed E-state index contributed by atoms with van der Waals surface area (Å²) in [5, 5.41) is 16.8. The van der Waals surface area contributed by atoms with Gasteiger partial charge in [0.2, 0.25) is 5.28 Å². The number of nitrogens with zero attached hydrogens (tertiary/aromatic N) is 3. The van der Waals surface area contributed by atoms with Crippen LogP contribution in [0.25, 0.3) is 0 Å². The largest absolute Gasteiger partial charge is 0.488 e. The zero-order chi connectivity index (χ0) is 17.9. The molecule has 134 valence electrons. The number of nitrogen functional groups attached to an aromatic ring is 1. The van der Waals surface area contributed by atoms with Crippen LogP contribution in [0.2, 0.25) is 5.28 Å². The lowest BCUT2D eigenvalue weighted by Crippen LogP contribution is -2.54. The van der Waals surface area contributed by atoms with Crippen molar-refractivity contribution in [1.82, 2.24) is 15.3 Å². The first kappa shape index (κ1) is 17.4. The Morgan fingerprint density at radius 3 is 3.00 bits per heavy atom. The minimum absolute atomic E-state index is 0.00399. The number of hydrogen-bond acceptors (Lipinski definition) is 11. The van der Waals surface area contributed by atoms with Crippen LogP contribution in [-0.2, 0) is 13.8 Å². The van der Waals surface area contributed by atoms with Gasteiger partial charge < -0.3 is 20.9 Å². The van der Waals surface area contributed by atoms with Crippen molar-refractivity contribution in [3.63, 3.8) is 0 Å². The number of halogens is 1. The van der Waals surface area contributed by atoms with Crippen molar-refractivity contribution in [3.05, 3.63) is 5.28 Å². The molecule has 6 N–H and O–H groups in total. The Hall–Kier alpha value is -0.975. The van der Waals surface area contributed by atoms with Crippen LogP contribution in [0.3, 0.4) is 0 Å². The Morgan fingerprint density at radius 2 is 2.28 bits per heavy atom. The fraction of sp³-hybridized carbons (Fsp3) is 0.636. The molecule has 1 aromatic rings. The van der Waals surface area contributed by atoms with E-state index in [1.165, 1.54) is 0 Å². The van der Waals surface area contributed by atoms with Gasteiger partial charge in [-0.2, -0.15) is 19.0 Å². The first-order valence-electron chi connectivity index (χ1n) is 7.43. The number of aliphatic hydroxyl groups excluding tert-OH is 1. The number of fused-ring (bicyclic) bond motifs is 2. The van der Waals surface area contributed by atoms with E-state index >= 15 is 0 Å². The lowest BCUT2D eigenvalue weighted by Gasteiger charge is -2.32. The van der Waals surface area contributed by atoms with E-state index in [0.29, 0.717) is 11.5 Å². The molecule has 11 nitrogen and oxygen atoms in total. The summed E-state index contributed by atoms with van der Waals surface area (Å²) >= 11 is 5.92. The molecule has 14 heteroatoms. The molecule has 25 heavy (non-hydrogen) atoms. The maximum Gasteiger partial charge on any atom is 0.488 e. The molecule has 3 aliphatic rings. The van der Waals surface area contributed by atoms with Crippen LogP contribution >= 0.6 is 19.4 Å². The highest BCUT2D eigenvalue weighted by Crippen LogP contribution is 2.58. The smallest absolute Gasteiger partial charge is 0.385 e. The second-order valence-corrected chi connectivity index (χ2v) is 7.74. The van der Waals surface area contributed by atoms with Crippen LogP contribution < -0.4 is 21.3 Å². The molecule has 4 heterocycles. The molecule has 0 saturated carbocycles. The second-order valence-electron chi connectivity index (χ2n) is 5.80. The zero-order valence-electron chi connectivity index (χ0n) is 13.0. The Morgan fingerprint density at radius 1 is 1.52 bits per heavy atom. The highest BCUT2D eigenvalue weighted by atomic mass is 35.5. The van der Waals surface area contributed by atoms with E-state index < -0.39 is 38.7 Å². The lowest BCUT2D eigenvalue weighted by molar-refractivity contribution is -0.0451. The van der Waals surface area contributed by atoms with Crippen molar-refractivity contribution in [2.45, 2.75) is 30.8 Å². The third-order valence-electron chi connectivity index (χ3n) is 4.25. The van der Waals surface area contributed by atoms with Crippen molar-refractivity contribution < 1.29 is 23.8 Å². The average Bonchev–Trinajstić information content (AvgIpc) is 3.05. The van der Waals surface area contributed by atoms with Gasteiger partial charge in [0.25, 0.3) is 0 Å². The van der Waals surface area contributed by atoms with Gasteiger partial charge in [0.05, 0.1) is 0 Å². The molecule has 1 aromatic heterocycles. The third-order valence-corrected chi connectivity index (χ3v) is 5.48. The summed E-state index contributed by atoms with van der Waals surface area (Å²) in [6, 6.07) is 0. The quantitative estimate of drug-likeness (QED) is 0.236. The molecule has 2 saturated heterocycles. The van der Waals surface area contributed by atoms with Crippen LogP contribution in [0.15, 0.2) is 0 Å². The fourth-order valence-electron chi connectivity index (χ4n) is 3.17. The maximum atomic E-state index is 10.7. The molecule has 0 aliphatic carbocycles. The Labute approximate surface area is 149 Å². The number of anilines is 3. The molecular formula is C11H16BClN6O5P+. The van der Waals surface area contributed by atoms with E-state index in [9.17, 15) is 10.00 Å². The molecule has 0 spiro atoms. The van der Waals surface area contributed by atoms with Gasteiger partial charge in [-0.1, -0.05) is 0 Å². The standard InChI is InChI=1S/C11H16BClN6O5P/c1-15-11-16-4-7(14)17-10(13)18-8(4)19(11)9-5(20)6-3(23-9)2-22-25(12,21)24-6/h3,5-6,9,11,15-16,20-21H,2H2,1H3,(H2,14,17,18)/q+1/t3?,5?,6-,9?,11?,25?/m1/s1. The van der Waals surface area contributed by atoms with E-state index in [2.05, 4.69) is 20.6 Å². The first-order valence-corrected chi connectivity index (χ1v) is 9.45. The van der Waals surface area contributed by atoms with Crippen LogP contribution in [0, 0.1) is 0 Å². The van der Waals surface area contributed by atoms with Gasteiger partial charge in [-0.3, -0.25) is 10.2 Å². The number of nitrogens with one attached hydrogen (secondary N) is 2. The molecule has 0 amide bonds. The number of nitrogens with two attached hydrogens (primary N) is 1. The van der Waals surface area contributed by atoms with Crippen molar-refractivity contribution in [3.8, 4) is 0 Å². The minimum Gasteiger partial charge on any atom is -0.385 e. The maximum absolute atomic E-state index is 10.7. The monoisotopic (exact) mass is 389 g/mol. The number of aromatic nitrogens is 2. The highest BCUT2D eigenvalue weighted by Gasteiger charge is 2.59. The predicted octanol–water partition coefficient (Wildman–Crippen LogP) is -1.21. The van der Waals surface area contributed by atoms with Gasteiger partial charge in [0, 0.05) is 0 Å². The van der Waals surface area contributed by atoms with E-state index in [4.69, 9.17) is 38.7 Å². The van der Waals surface area contributed by atoms with Crippen molar-refractivity contribution in [2.75, 3.05) is 29.6 Å². The van der Waals surface area contributed by atoms with Gasteiger partial charge in [-0.05, 0) is 18.6 Å². The van der Waals surface area contributed by atoms with Gasteiger partial charge in [0.15, 0.2) is 30.3 Å². The Balaban J connectivity index is 1.68. The SMILES string of the molecule is [B][P+]1(O)OCC2OC(N3c4nc(Cl)nc(N)c4NC3NC)C(O)[C@@H]2O1. The predicted molar refractivity (Wildman–Crippen MR) is 90.8 cm³/mol. The van der Waals surface area contributed by atoms with Gasteiger partial charge in [-0.25, -0.2) is 4.89 Å². The van der Waals surface area contributed by atoms with Crippen LogP contribution in [0.4, 0.5) is 17.3 Å². The molecular weight excluding hydrogens is 373 g/mol. The summed E-state index contributed by atoms with van der Waals surface area (Å²) < 4.78 is 16.2. The first-order chi connectivity index (χ1) is 11.8. The molecule has 0 aromatic carbocycles. The number of hydrogen-bond donors (Lipinski definition) is 5. The number of rotatable bonds is 2. The lowest BCUT2D eigenvalue weighted by atomic mass is 10.1. The Bertz CT molecular complexity index is 703. The van der Waals surface area contributed by atoms with E-state index in [-0.39, 0.29) is 17.7 Å². The molecule has 2 radical (unpaired) electrons. The summed E-state index contributed by atoms with van der Waals surface area (Å²) in [4.78, 5) is 19.5. The van der Waals surface area contributed by atoms with E-state index in [0.717, 1.165) is 0 Å². The van der Waals surface area contributed by atoms with Gasteiger partial charge in [-0.15, -0.1) is 0 Å². The average molecular weight is 390 g/mol. The van der Waals surface area contributed by atoms with Crippen molar-refractivity contribution in [1.29, 1.82) is 0 Å².